The van der Waals surface area contributed by atoms with E-state index in [2.05, 4.69) is 27.2 Å². The number of carbonyl (C=O) groups excluding carboxylic acids is 2. The Balaban J connectivity index is 5.14. The topological polar surface area (TPSA) is 95.4 Å². The van der Waals surface area contributed by atoms with Gasteiger partial charge in [0, 0.05) is 26.8 Å². The van der Waals surface area contributed by atoms with Crippen LogP contribution in [-0.2, 0) is 9.53 Å². The summed E-state index contributed by atoms with van der Waals surface area (Å²) in [6, 6.07) is -0.733. The minimum Gasteiger partial charge on any atom is -0.444 e. The third-order valence-electron chi connectivity index (χ3n) is 3.58. The van der Waals surface area contributed by atoms with Crippen LogP contribution < -0.4 is 10.6 Å². The number of nitrogens with zero attached hydrogens (tertiary/aromatic N) is 3. The fraction of sp³-hybridized carbons (Fsp3) is 0.579. The van der Waals surface area contributed by atoms with Gasteiger partial charge in [0.05, 0.1) is 6.34 Å². The van der Waals surface area contributed by atoms with Gasteiger partial charge in [-0.05, 0) is 45.8 Å². The molecule has 0 saturated heterocycles. The Bertz CT molecular complexity index is 630. The van der Waals surface area contributed by atoms with Crippen molar-refractivity contribution in [3.8, 4) is 0 Å². The van der Waals surface area contributed by atoms with Gasteiger partial charge in [-0.25, -0.2) is 4.79 Å². The van der Waals surface area contributed by atoms with Gasteiger partial charge in [-0.15, -0.1) is 0 Å². The molecular formula is C19H33N5O3. The summed E-state index contributed by atoms with van der Waals surface area (Å²) in [6.45, 7) is 12.8. The number of hydrogen-bond donors (Lipinski definition) is 2. The van der Waals surface area contributed by atoms with Crippen LogP contribution in [0.4, 0.5) is 4.79 Å². The third kappa shape index (κ3) is 9.03. The van der Waals surface area contributed by atoms with Gasteiger partial charge in [0.1, 0.15) is 17.5 Å². The monoisotopic (exact) mass is 379 g/mol. The number of hydrogen-bond acceptors (Lipinski definition) is 5. The molecule has 27 heavy (non-hydrogen) atoms. The van der Waals surface area contributed by atoms with Crippen molar-refractivity contribution in [3.63, 3.8) is 0 Å². The van der Waals surface area contributed by atoms with Gasteiger partial charge < -0.3 is 15.4 Å². The molecule has 0 bridgehead atoms. The van der Waals surface area contributed by atoms with Gasteiger partial charge >= 0.3 is 6.09 Å². The first-order valence-electron chi connectivity index (χ1n) is 8.77. The number of amidine groups is 1. The Morgan fingerprint density at radius 1 is 1.30 bits per heavy atom. The van der Waals surface area contributed by atoms with Crippen LogP contribution in [-0.4, -0.2) is 61.9 Å². The standard InChI is InChI=1S/C19H33N5O3/c1-10-15(13(2)22-12-20-7)11-16(21-8)23-17(25)14(3)24(9)18(26)27-19(4,5)6/h11-12,14H,2,10H2,1,3-9H3,(H,20,22)(H,21,23,25)/b15-11+. The molecule has 152 valence electrons. The number of aliphatic imine (C=N–C) groups is 2. The molecule has 2 amide bonds. The number of likely N-dealkylation sites (N-methyl/N-ethyl adjacent to an activating group) is 1. The highest BCUT2D eigenvalue weighted by atomic mass is 16.6. The summed E-state index contributed by atoms with van der Waals surface area (Å²) in [5.41, 5.74) is 0.896. The average molecular weight is 380 g/mol. The predicted octanol–water partition coefficient (Wildman–Crippen LogP) is 2.48. The maximum atomic E-state index is 12.5. The number of ether oxygens (including phenoxy) is 1. The summed E-state index contributed by atoms with van der Waals surface area (Å²) < 4.78 is 5.29. The van der Waals surface area contributed by atoms with Crippen molar-refractivity contribution in [1.82, 2.24) is 15.5 Å². The molecule has 1 unspecified atom stereocenters. The molecule has 1 atom stereocenters. The van der Waals surface area contributed by atoms with E-state index in [0.29, 0.717) is 18.0 Å². The molecule has 0 spiro atoms. The van der Waals surface area contributed by atoms with Crippen molar-refractivity contribution in [2.75, 3.05) is 21.1 Å². The minimum atomic E-state index is -0.733. The molecule has 2 N–H and O–H groups in total. The Labute approximate surface area is 162 Å². The van der Waals surface area contributed by atoms with Crippen molar-refractivity contribution in [3.05, 3.63) is 23.9 Å². The molecule has 0 aliphatic heterocycles. The van der Waals surface area contributed by atoms with Crippen LogP contribution in [0.5, 0.6) is 0 Å². The fourth-order valence-corrected chi connectivity index (χ4v) is 1.86. The van der Waals surface area contributed by atoms with E-state index in [9.17, 15) is 9.59 Å². The van der Waals surface area contributed by atoms with Crippen LogP contribution in [0.25, 0.3) is 0 Å². The van der Waals surface area contributed by atoms with E-state index in [-0.39, 0.29) is 5.91 Å². The maximum Gasteiger partial charge on any atom is 0.410 e. The molecule has 8 heteroatoms. The van der Waals surface area contributed by atoms with E-state index in [1.165, 1.54) is 18.3 Å². The van der Waals surface area contributed by atoms with Crippen LogP contribution in [0.15, 0.2) is 33.9 Å². The molecular weight excluding hydrogens is 346 g/mol. The van der Waals surface area contributed by atoms with Crippen LogP contribution in [0.1, 0.15) is 41.0 Å². The SMILES string of the molecule is C=C(NC=NC)/C(=C/C(=NC)NC(=O)C(C)N(C)C(=O)OC(C)(C)C)CC. The molecule has 0 fully saturated rings. The molecule has 0 saturated carbocycles. The second-order valence-corrected chi connectivity index (χ2v) is 6.90. The Morgan fingerprint density at radius 2 is 1.89 bits per heavy atom. The summed E-state index contributed by atoms with van der Waals surface area (Å²) >= 11 is 0. The molecule has 0 heterocycles. The van der Waals surface area contributed by atoms with Gasteiger partial charge in [-0.3, -0.25) is 19.7 Å². The van der Waals surface area contributed by atoms with E-state index in [4.69, 9.17) is 4.74 Å². The molecule has 8 nitrogen and oxygen atoms in total. The molecule has 0 aromatic carbocycles. The number of amides is 2. The summed E-state index contributed by atoms with van der Waals surface area (Å²) in [5.74, 6) is 0.00188. The first kappa shape index (κ1) is 24.4. The Kier molecular flexibility index (Phi) is 10.1. The molecule has 0 aliphatic rings. The second-order valence-electron chi connectivity index (χ2n) is 6.90. The van der Waals surface area contributed by atoms with Crippen molar-refractivity contribution in [1.29, 1.82) is 0 Å². The Morgan fingerprint density at radius 3 is 2.33 bits per heavy atom. The van der Waals surface area contributed by atoms with Crippen molar-refractivity contribution in [2.24, 2.45) is 9.98 Å². The van der Waals surface area contributed by atoms with Gasteiger partial charge in [-0.2, -0.15) is 0 Å². The van der Waals surface area contributed by atoms with E-state index < -0.39 is 17.7 Å². The number of carbonyl (C=O) groups is 2. The average Bonchev–Trinajstić information content (AvgIpc) is 2.59. The highest BCUT2D eigenvalue weighted by Crippen LogP contribution is 2.11. The lowest BCUT2D eigenvalue weighted by atomic mass is 10.1. The van der Waals surface area contributed by atoms with Gasteiger partial charge in [0.25, 0.3) is 0 Å². The van der Waals surface area contributed by atoms with E-state index in [0.717, 1.165) is 5.57 Å². The number of nitrogens with one attached hydrogen (secondary N) is 2. The first-order valence-corrected chi connectivity index (χ1v) is 8.77. The molecule has 0 aromatic rings. The summed E-state index contributed by atoms with van der Waals surface area (Å²) in [4.78, 5) is 33.8. The van der Waals surface area contributed by atoms with Crippen molar-refractivity contribution in [2.45, 2.75) is 52.7 Å². The van der Waals surface area contributed by atoms with Crippen LogP contribution in [0, 0.1) is 0 Å². The lowest BCUT2D eigenvalue weighted by Gasteiger charge is -2.28. The lowest BCUT2D eigenvalue weighted by Crippen LogP contribution is -2.48. The highest BCUT2D eigenvalue weighted by Gasteiger charge is 2.27. The normalized spacial score (nSPS) is 13.9. The van der Waals surface area contributed by atoms with Gasteiger partial charge in [0.15, 0.2) is 0 Å². The molecule has 0 rings (SSSR count). The van der Waals surface area contributed by atoms with Crippen LogP contribution in [0.2, 0.25) is 0 Å². The lowest BCUT2D eigenvalue weighted by molar-refractivity contribution is -0.123. The second kappa shape index (κ2) is 11.2. The summed E-state index contributed by atoms with van der Waals surface area (Å²) in [5, 5.41) is 5.68. The number of rotatable bonds is 7. The summed E-state index contributed by atoms with van der Waals surface area (Å²) in [6.07, 6.45) is 3.38. The predicted molar refractivity (Wildman–Crippen MR) is 110 cm³/mol. The quantitative estimate of drug-likeness (QED) is 0.403. The van der Waals surface area contributed by atoms with Gasteiger partial charge in [-0.1, -0.05) is 13.5 Å². The van der Waals surface area contributed by atoms with E-state index in [1.54, 1.807) is 47.9 Å². The largest absolute Gasteiger partial charge is 0.444 e. The molecule has 0 radical (unpaired) electrons. The van der Waals surface area contributed by atoms with Gasteiger partial charge in [0.2, 0.25) is 5.91 Å². The van der Waals surface area contributed by atoms with Crippen molar-refractivity contribution >= 4 is 24.2 Å². The Hall–Kier alpha value is -2.64. The fourth-order valence-electron chi connectivity index (χ4n) is 1.86. The minimum absolute atomic E-state index is 0.371. The highest BCUT2D eigenvalue weighted by molar-refractivity contribution is 6.06. The van der Waals surface area contributed by atoms with Crippen LogP contribution in [0.3, 0.4) is 0 Å². The van der Waals surface area contributed by atoms with E-state index in [1.807, 2.05) is 6.92 Å². The molecule has 0 aromatic heterocycles. The van der Waals surface area contributed by atoms with Crippen LogP contribution >= 0.6 is 0 Å². The zero-order chi connectivity index (χ0) is 21.2. The first-order chi connectivity index (χ1) is 12.5. The summed E-state index contributed by atoms with van der Waals surface area (Å²) in [7, 11) is 4.74. The zero-order valence-corrected chi connectivity index (χ0v) is 17.7. The zero-order valence-electron chi connectivity index (χ0n) is 17.7. The smallest absolute Gasteiger partial charge is 0.410 e. The van der Waals surface area contributed by atoms with E-state index >= 15 is 0 Å². The molecule has 0 aliphatic carbocycles. The number of allylic oxidation sites excluding steroid dienone is 1. The van der Waals surface area contributed by atoms with Crippen molar-refractivity contribution < 1.29 is 14.3 Å². The maximum absolute atomic E-state index is 12.5. The third-order valence-corrected chi connectivity index (χ3v) is 3.58.